The van der Waals surface area contributed by atoms with Crippen molar-refractivity contribution in [2.24, 2.45) is 0 Å². The number of rotatable bonds is 4. The fourth-order valence-electron chi connectivity index (χ4n) is 1.82. The normalized spacial score (nSPS) is 10.6. The molecule has 7 heteroatoms. The molecule has 0 spiro atoms. The Morgan fingerprint density at radius 3 is 2.73 bits per heavy atom. The second-order valence-corrected chi connectivity index (χ2v) is 5.32. The van der Waals surface area contributed by atoms with E-state index in [0.29, 0.717) is 38.8 Å². The number of aromatic nitrogens is 2. The van der Waals surface area contributed by atoms with E-state index in [0.717, 1.165) is 0 Å². The first-order valence-electron chi connectivity index (χ1n) is 6.38. The summed E-state index contributed by atoms with van der Waals surface area (Å²) in [5.41, 5.74) is 7.02. The van der Waals surface area contributed by atoms with Crippen LogP contribution < -0.4 is 10.5 Å². The number of nitrogens with zero attached hydrogens (tertiary/aromatic N) is 2. The first-order valence-corrected chi connectivity index (χ1v) is 7.14. The van der Waals surface area contributed by atoms with Gasteiger partial charge in [-0.25, -0.2) is 0 Å². The summed E-state index contributed by atoms with van der Waals surface area (Å²) in [6.45, 7) is 0.151. The van der Waals surface area contributed by atoms with Crippen LogP contribution in [-0.2, 0) is 6.61 Å². The molecule has 22 heavy (non-hydrogen) atoms. The van der Waals surface area contributed by atoms with Gasteiger partial charge in [0, 0.05) is 17.3 Å². The lowest BCUT2D eigenvalue weighted by Crippen LogP contribution is -1.96. The van der Waals surface area contributed by atoms with E-state index >= 15 is 0 Å². The highest BCUT2D eigenvalue weighted by atomic mass is 35.5. The summed E-state index contributed by atoms with van der Waals surface area (Å²) in [7, 11) is 0. The molecule has 0 atom stereocenters. The van der Waals surface area contributed by atoms with E-state index in [1.54, 1.807) is 42.5 Å². The Hall–Kier alpha value is -2.24. The molecule has 0 bridgehead atoms. The van der Waals surface area contributed by atoms with Crippen molar-refractivity contribution in [1.29, 1.82) is 0 Å². The van der Waals surface area contributed by atoms with Gasteiger partial charge in [-0.15, -0.1) is 0 Å². The molecule has 0 saturated carbocycles. The first-order chi connectivity index (χ1) is 10.6. The highest BCUT2D eigenvalue weighted by Gasteiger charge is 2.10. The van der Waals surface area contributed by atoms with Crippen LogP contribution in [0, 0.1) is 0 Å². The number of ether oxygens (including phenoxy) is 1. The summed E-state index contributed by atoms with van der Waals surface area (Å²) in [4.78, 5) is 4.25. The largest absolute Gasteiger partial charge is 0.484 e. The lowest BCUT2D eigenvalue weighted by atomic mass is 10.2. The van der Waals surface area contributed by atoms with Crippen LogP contribution in [0.2, 0.25) is 10.0 Å². The minimum Gasteiger partial charge on any atom is -0.484 e. The minimum atomic E-state index is 0.151. The summed E-state index contributed by atoms with van der Waals surface area (Å²) in [5.74, 6) is 1.41. The maximum absolute atomic E-state index is 5.97. The topological polar surface area (TPSA) is 74.2 Å². The van der Waals surface area contributed by atoms with Gasteiger partial charge in [0.15, 0.2) is 6.61 Å². The van der Waals surface area contributed by atoms with Crippen molar-refractivity contribution in [3.05, 3.63) is 58.4 Å². The molecule has 2 N–H and O–H groups in total. The van der Waals surface area contributed by atoms with E-state index in [2.05, 4.69) is 10.1 Å². The Kier molecular flexibility index (Phi) is 4.18. The van der Waals surface area contributed by atoms with Crippen LogP contribution in [0.1, 0.15) is 5.89 Å². The molecular weight excluding hydrogens is 325 g/mol. The van der Waals surface area contributed by atoms with Crippen LogP contribution in [0.5, 0.6) is 5.75 Å². The fourth-order valence-corrected chi connectivity index (χ4v) is 2.11. The molecule has 0 fully saturated rings. The molecule has 0 amide bonds. The summed E-state index contributed by atoms with van der Waals surface area (Å²) in [5, 5.41) is 4.80. The Morgan fingerprint density at radius 1 is 1.09 bits per heavy atom. The smallest absolute Gasteiger partial charge is 0.264 e. The quantitative estimate of drug-likeness (QED) is 0.723. The van der Waals surface area contributed by atoms with Crippen molar-refractivity contribution in [2.75, 3.05) is 5.73 Å². The van der Waals surface area contributed by atoms with Crippen LogP contribution in [0.15, 0.2) is 47.0 Å². The minimum absolute atomic E-state index is 0.151. The third kappa shape index (κ3) is 3.32. The van der Waals surface area contributed by atoms with Gasteiger partial charge in [-0.2, -0.15) is 4.98 Å². The zero-order valence-corrected chi connectivity index (χ0v) is 12.8. The number of nitrogens with two attached hydrogens (primary N) is 1. The maximum atomic E-state index is 5.97. The van der Waals surface area contributed by atoms with E-state index in [1.807, 2.05) is 0 Å². The molecular formula is C15H11Cl2N3O2. The van der Waals surface area contributed by atoms with Gasteiger partial charge in [-0.05, 0) is 30.3 Å². The molecule has 3 aromatic rings. The van der Waals surface area contributed by atoms with Crippen molar-refractivity contribution >= 4 is 28.9 Å². The van der Waals surface area contributed by atoms with Gasteiger partial charge in [0.1, 0.15) is 5.75 Å². The van der Waals surface area contributed by atoms with Crippen molar-refractivity contribution < 1.29 is 9.26 Å². The second-order valence-electron chi connectivity index (χ2n) is 4.50. The zero-order valence-electron chi connectivity index (χ0n) is 11.3. The summed E-state index contributed by atoms with van der Waals surface area (Å²) in [6.07, 6.45) is 0. The lowest BCUT2D eigenvalue weighted by Gasteiger charge is -2.03. The molecule has 1 heterocycles. The first kappa shape index (κ1) is 14.7. The summed E-state index contributed by atoms with van der Waals surface area (Å²) in [6, 6.07) is 12.2. The van der Waals surface area contributed by atoms with E-state index in [9.17, 15) is 0 Å². The van der Waals surface area contributed by atoms with Crippen LogP contribution in [0.3, 0.4) is 0 Å². The number of hydrogen-bond acceptors (Lipinski definition) is 5. The molecule has 0 unspecified atom stereocenters. The van der Waals surface area contributed by atoms with Crippen LogP contribution in [0.25, 0.3) is 11.4 Å². The predicted molar refractivity (Wildman–Crippen MR) is 84.9 cm³/mol. The van der Waals surface area contributed by atoms with Crippen LogP contribution in [-0.4, -0.2) is 10.1 Å². The van der Waals surface area contributed by atoms with Crippen molar-refractivity contribution in [3.63, 3.8) is 0 Å². The summed E-state index contributed by atoms with van der Waals surface area (Å²) >= 11 is 11.8. The zero-order chi connectivity index (χ0) is 15.5. The van der Waals surface area contributed by atoms with Gasteiger partial charge in [0.2, 0.25) is 5.82 Å². The molecule has 0 radical (unpaired) electrons. The maximum Gasteiger partial charge on any atom is 0.264 e. The lowest BCUT2D eigenvalue weighted by molar-refractivity contribution is 0.243. The number of halogens is 2. The average molecular weight is 336 g/mol. The van der Waals surface area contributed by atoms with Crippen molar-refractivity contribution in [2.45, 2.75) is 6.61 Å². The molecule has 0 aliphatic rings. The van der Waals surface area contributed by atoms with Gasteiger partial charge in [0.05, 0.1) is 10.0 Å². The molecule has 1 aromatic heterocycles. The number of anilines is 1. The van der Waals surface area contributed by atoms with Crippen molar-refractivity contribution in [3.8, 4) is 17.1 Å². The third-order valence-corrected chi connectivity index (χ3v) is 3.61. The highest BCUT2D eigenvalue weighted by molar-refractivity contribution is 6.42. The average Bonchev–Trinajstić information content (AvgIpc) is 2.97. The Bertz CT molecular complexity index is 805. The molecule has 112 valence electrons. The van der Waals surface area contributed by atoms with Gasteiger partial charge in [-0.1, -0.05) is 34.4 Å². The Balaban J connectivity index is 1.72. The van der Waals surface area contributed by atoms with Gasteiger partial charge in [0.25, 0.3) is 5.89 Å². The van der Waals surface area contributed by atoms with Gasteiger partial charge in [-0.3, -0.25) is 0 Å². The Morgan fingerprint density at radius 2 is 1.95 bits per heavy atom. The second kappa shape index (κ2) is 6.25. The SMILES string of the molecule is Nc1cccc(OCc2nc(-c3ccc(Cl)c(Cl)c3)no2)c1. The monoisotopic (exact) mass is 335 g/mol. The van der Waals surface area contributed by atoms with Gasteiger partial charge >= 0.3 is 0 Å². The number of benzene rings is 2. The van der Waals surface area contributed by atoms with Crippen LogP contribution in [0.4, 0.5) is 5.69 Å². The fraction of sp³-hybridized carbons (Fsp3) is 0.0667. The molecule has 3 rings (SSSR count). The highest BCUT2D eigenvalue weighted by Crippen LogP contribution is 2.27. The number of hydrogen-bond donors (Lipinski definition) is 1. The third-order valence-electron chi connectivity index (χ3n) is 2.87. The predicted octanol–water partition coefficient (Wildman–Crippen LogP) is 4.20. The molecule has 0 aliphatic heterocycles. The van der Waals surface area contributed by atoms with E-state index in [4.69, 9.17) is 38.2 Å². The standard InChI is InChI=1S/C15H11Cl2N3O2/c16-12-5-4-9(6-13(12)17)15-19-14(22-20-15)8-21-11-3-1-2-10(18)7-11/h1-7H,8,18H2. The van der Waals surface area contributed by atoms with E-state index < -0.39 is 0 Å². The molecule has 5 nitrogen and oxygen atoms in total. The molecule has 0 aliphatic carbocycles. The van der Waals surface area contributed by atoms with E-state index in [1.165, 1.54) is 0 Å². The number of nitrogen functional groups attached to an aromatic ring is 1. The van der Waals surface area contributed by atoms with Crippen LogP contribution >= 0.6 is 23.2 Å². The summed E-state index contributed by atoms with van der Waals surface area (Å²) < 4.78 is 10.7. The van der Waals surface area contributed by atoms with E-state index in [-0.39, 0.29) is 6.61 Å². The molecule has 0 saturated heterocycles. The Labute approximate surface area is 136 Å². The molecule has 2 aromatic carbocycles. The van der Waals surface area contributed by atoms with Crippen molar-refractivity contribution in [1.82, 2.24) is 10.1 Å². The van der Waals surface area contributed by atoms with Gasteiger partial charge < -0.3 is 15.0 Å².